The van der Waals surface area contributed by atoms with Gasteiger partial charge in [-0.2, -0.15) is 0 Å². The van der Waals surface area contributed by atoms with Gasteiger partial charge in [0.15, 0.2) is 5.11 Å². The summed E-state index contributed by atoms with van der Waals surface area (Å²) < 4.78 is 5.75. The number of benzene rings is 2. The summed E-state index contributed by atoms with van der Waals surface area (Å²) in [5.41, 5.74) is 1.81. The molecule has 2 aromatic rings. The number of ether oxygens (including phenoxy) is 1. The molecular formula is C21H25N3O3S. The fraction of sp³-hybridized carbons (Fsp3) is 0.286. The first-order valence-corrected chi connectivity index (χ1v) is 9.62. The lowest BCUT2D eigenvalue weighted by molar-refractivity contribution is -0.114. The van der Waals surface area contributed by atoms with Crippen molar-refractivity contribution >= 4 is 40.5 Å². The van der Waals surface area contributed by atoms with Crippen molar-refractivity contribution in [2.75, 3.05) is 17.2 Å². The van der Waals surface area contributed by atoms with Gasteiger partial charge >= 0.3 is 0 Å². The van der Waals surface area contributed by atoms with E-state index in [1.165, 1.54) is 6.92 Å². The van der Waals surface area contributed by atoms with Crippen LogP contribution in [0.15, 0.2) is 48.5 Å². The Balaban J connectivity index is 1.93. The van der Waals surface area contributed by atoms with Gasteiger partial charge in [0.05, 0.1) is 12.2 Å². The van der Waals surface area contributed by atoms with Crippen LogP contribution < -0.4 is 20.7 Å². The van der Waals surface area contributed by atoms with Crippen molar-refractivity contribution in [3.05, 3.63) is 54.1 Å². The Morgan fingerprint density at radius 3 is 2.25 bits per heavy atom. The molecule has 0 saturated heterocycles. The van der Waals surface area contributed by atoms with Crippen LogP contribution in [0, 0.1) is 0 Å². The molecule has 7 heteroatoms. The topological polar surface area (TPSA) is 79.5 Å². The summed E-state index contributed by atoms with van der Waals surface area (Å²) in [7, 11) is 0. The second-order valence-corrected chi connectivity index (χ2v) is 6.63. The molecule has 0 heterocycles. The second kappa shape index (κ2) is 11.0. The number of hydrogen-bond acceptors (Lipinski definition) is 4. The van der Waals surface area contributed by atoms with Crippen molar-refractivity contribution in [1.82, 2.24) is 5.32 Å². The number of nitrogens with one attached hydrogen (secondary N) is 3. The number of amides is 2. The van der Waals surface area contributed by atoms with Gasteiger partial charge in [-0.05, 0) is 55.0 Å². The largest absolute Gasteiger partial charge is 0.493 e. The van der Waals surface area contributed by atoms with Crippen molar-refractivity contribution in [3.8, 4) is 5.75 Å². The molecule has 0 unspecified atom stereocenters. The summed E-state index contributed by atoms with van der Waals surface area (Å²) in [6.45, 7) is 4.15. The second-order valence-electron chi connectivity index (χ2n) is 6.22. The van der Waals surface area contributed by atoms with Crippen molar-refractivity contribution < 1.29 is 14.3 Å². The van der Waals surface area contributed by atoms with Crippen LogP contribution in [-0.4, -0.2) is 23.5 Å². The number of unbranched alkanes of at least 4 members (excludes halogenated alkanes) is 2. The highest BCUT2D eigenvalue weighted by atomic mass is 32.1. The Morgan fingerprint density at radius 2 is 1.61 bits per heavy atom. The number of carbonyl (C=O) groups is 2. The van der Waals surface area contributed by atoms with Crippen LogP contribution in [0.2, 0.25) is 0 Å². The summed E-state index contributed by atoms with van der Waals surface area (Å²) in [5, 5.41) is 8.48. The van der Waals surface area contributed by atoms with Crippen molar-refractivity contribution in [1.29, 1.82) is 0 Å². The maximum atomic E-state index is 12.6. The molecule has 0 radical (unpaired) electrons. The van der Waals surface area contributed by atoms with Gasteiger partial charge < -0.3 is 15.4 Å². The van der Waals surface area contributed by atoms with E-state index in [0.717, 1.165) is 19.3 Å². The van der Waals surface area contributed by atoms with E-state index in [1.54, 1.807) is 42.5 Å². The number of thiocarbonyl (C=S) groups is 1. The van der Waals surface area contributed by atoms with E-state index in [-0.39, 0.29) is 16.9 Å². The number of hydrogen-bond donors (Lipinski definition) is 3. The predicted octanol–water partition coefficient (Wildman–Crippen LogP) is 4.34. The van der Waals surface area contributed by atoms with E-state index in [1.807, 2.05) is 6.07 Å². The average molecular weight is 400 g/mol. The van der Waals surface area contributed by atoms with Crippen LogP contribution in [0.3, 0.4) is 0 Å². The summed E-state index contributed by atoms with van der Waals surface area (Å²) >= 11 is 5.23. The summed E-state index contributed by atoms with van der Waals surface area (Å²) in [6, 6.07) is 14.1. The zero-order valence-electron chi connectivity index (χ0n) is 16.1. The molecule has 0 fully saturated rings. The molecule has 6 nitrogen and oxygen atoms in total. The first-order chi connectivity index (χ1) is 13.5. The number of anilines is 2. The Hall–Kier alpha value is -2.93. The molecule has 0 aromatic heterocycles. The molecule has 28 heavy (non-hydrogen) atoms. The van der Waals surface area contributed by atoms with Crippen LogP contribution >= 0.6 is 12.2 Å². The highest BCUT2D eigenvalue weighted by molar-refractivity contribution is 7.80. The lowest BCUT2D eigenvalue weighted by Crippen LogP contribution is -2.34. The van der Waals surface area contributed by atoms with Gasteiger partial charge in [0, 0.05) is 18.3 Å². The number of para-hydroxylation sites is 1. The molecular weight excluding hydrogens is 374 g/mol. The molecule has 2 amide bonds. The number of carbonyl (C=O) groups excluding carboxylic acids is 2. The Kier molecular flexibility index (Phi) is 8.42. The molecule has 0 aliphatic carbocycles. The zero-order valence-corrected chi connectivity index (χ0v) is 16.9. The minimum absolute atomic E-state index is 0.140. The fourth-order valence-corrected chi connectivity index (χ4v) is 2.70. The first kappa shape index (κ1) is 21.4. The molecule has 148 valence electrons. The summed E-state index contributed by atoms with van der Waals surface area (Å²) in [6.07, 6.45) is 3.14. The van der Waals surface area contributed by atoms with Gasteiger partial charge in [-0.1, -0.05) is 31.9 Å². The van der Waals surface area contributed by atoms with Gasteiger partial charge in [0.1, 0.15) is 5.75 Å². The maximum Gasteiger partial charge on any atom is 0.261 e. The monoisotopic (exact) mass is 399 g/mol. The minimum atomic E-state index is -0.335. The molecule has 3 N–H and O–H groups in total. The summed E-state index contributed by atoms with van der Waals surface area (Å²) in [4.78, 5) is 23.6. The smallest absolute Gasteiger partial charge is 0.261 e. The third kappa shape index (κ3) is 7.00. The average Bonchev–Trinajstić information content (AvgIpc) is 2.66. The first-order valence-electron chi connectivity index (χ1n) is 9.21. The van der Waals surface area contributed by atoms with Crippen molar-refractivity contribution in [3.63, 3.8) is 0 Å². The van der Waals surface area contributed by atoms with E-state index >= 15 is 0 Å². The minimum Gasteiger partial charge on any atom is -0.493 e. The Bertz CT molecular complexity index is 822. The van der Waals surface area contributed by atoms with Crippen LogP contribution in [0.4, 0.5) is 11.4 Å². The maximum absolute atomic E-state index is 12.6. The van der Waals surface area contributed by atoms with Crippen molar-refractivity contribution in [2.45, 2.75) is 33.1 Å². The Labute approximate surface area is 170 Å². The third-order valence-electron chi connectivity index (χ3n) is 3.83. The molecule has 2 aromatic carbocycles. The molecule has 0 aliphatic heterocycles. The van der Waals surface area contributed by atoms with Crippen LogP contribution in [0.1, 0.15) is 43.5 Å². The van der Waals surface area contributed by atoms with Gasteiger partial charge in [-0.25, -0.2) is 0 Å². The van der Waals surface area contributed by atoms with E-state index in [9.17, 15) is 9.59 Å². The quantitative estimate of drug-likeness (QED) is 0.454. The van der Waals surface area contributed by atoms with E-state index in [4.69, 9.17) is 17.0 Å². The lowest BCUT2D eigenvalue weighted by atomic mass is 10.2. The number of rotatable bonds is 8. The van der Waals surface area contributed by atoms with E-state index in [0.29, 0.717) is 29.3 Å². The molecule has 2 rings (SSSR count). The van der Waals surface area contributed by atoms with Crippen LogP contribution in [0.5, 0.6) is 5.75 Å². The standard InChI is InChI=1S/C21H25N3O3S/c1-3-4-7-14-27-19-9-6-5-8-18(19)20(26)24-21(28)23-17-12-10-16(11-13-17)22-15(2)25/h5-6,8-13H,3-4,7,14H2,1-2H3,(H,22,25)(H2,23,24,26,28). The van der Waals surface area contributed by atoms with Crippen LogP contribution in [-0.2, 0) is 4.79 Å². The van der Waals surface area contributed by atoms with E-state index < -0.39 is 0 Å². The highest BCUT2D eigenvalue weighted by Gasteiger charge is 2.13. The highest BCUT2D eigenvalue weighted by Crippen LogP contribution is 2.19. The predicted molar refractivity (Wildman–Crippen MR) is 116 cm³/mol. The van der Waals surface area contributed by atoms with Crippen molar-refractivity contribution in [2.24, 2.45) is 0 Å². The lowest BCUT2D eigenvalue weighted by Gasteiger charge is -2.13. The normalized spacial score (nSPS) is 10.1. The Morgan fingerprint density at radius 1 is 0.964 bits per heavy atom. The van der Waals surface area contributed by atoms with Gasteiger partial charge in [-0.3, -0.25) is 14.9 Å². The van der Waals surface area contributed by atoms with Gasteiger partial charge in [0.25, 0.3) is 5.91 Å². The molecule has 0 spiro atoms. The molecule has 0 bridgehead atoms. The van der Waals surface area contributed by atoms with E-state index in [2.05, 4.69) is 22.9 Å². The summed E-state index contributed by atoms with van der Waals surface area (Å²) in [5.74, 6) is 0.0658. The third-order valence-corrected chi connectivity index (χ3v) is 4.03. The molecule has 0 aliphatic rings. The van der Waals surface area contributed by atoms with Gasteiger partial charge in [0.2, 0.25) is 5.91 Å². The molecule has 0 saturated carbocycles. The SMILES string of the molecule is CCCCCOc1ccccc1C(=O)NC(=S)Nc1ccc(NC(C)=O)cc1. The fourth-order valence-electron chi connectivity index (χ4n) is 2.49. The van der Waals surface area contributed by atoms with Gasteiger partial charge in [-0.15, -0.1) is 0 Å². The zero-order chi connectivity index (χ0) is 20.4. The van der Waals surface area contributed by atoms with Crippen LogP contribution in [0.25, 0.3) is 0 Å². The molecule has 0 atom stereocenters.